The highest BCUT2D eigenvalue weighted by Gasteiger charge is 2.27. The first-order chi connectivity index (χ1) is 8.54. The monoisotopic (exact) mass is 269 g/mol. The Morgan fingerprint density at radius 2 is 1.74 bits per heavy atom. The molecule has 3 N–H and O–H groups in total. The predicted molar refractivity (Wildman–Crippen MR) is 75.5 cm³/mol. The average molecular weight is 269 g/mol. The third-order valence-corrected chi connectivity index (χ3v) is 2.94. The maximum Gasteiger partial charge on any atom is 0.228 e. The second-order valence-corrected chi connectivity index (χ2v) is 6.28. The molecular weight excluding hydrogens is 245 g/mol. The van der Waals surface area contributed by atoms with Crippen molar-refractivity contribution in [1.29, 1.82) is 0 Å². The third-order valence-electron chi connectivity index (χ3n) is 2.94. The number of nitrogens with two attached hydrogens (primary N) is 1. The fourth-order valence-electron chi connectivity index (χ4n) is 1.81. The van der Waals surface area contributed by atoms with Crippen LogP contribution in [0.3, 0.4) is 0 Å². The highest BCUT2D eigenvalue weighted by Crippen LogP contribution is 2.26. The first kappa shape index (κ1) is 15.6. The van der Waals surface area contributed by atoms with Gasteiger partial charge in [0.2, 0.25) is 11.9 Å². The van der Waals surface area contributed by atoms with Gasteiger partial charge in [0.15, 0.2) is 11.5 Å². The minimum Gasteiger partial charge on any atom is -0.368 e. The summed E-state index contributed by atoms with van der Waals surface area (Å²) in [6.45, 7) is 11.2. The Morgan fingerprint density at radius 1 is 1.16 bits per heavy atom. The van der Waals surface area contributed by atoms with Gasteiger partial charge in [-0.3, -0.25) is 0 Å². The minimum absolute atomic E-state index is 0.0296. The molecular formula is C13H24FN5. The lowest BCUT2D eigenvalue weighted by molar-refractivity contribution is 0.206. The van der Waals surface area contributed by atoms with Gasteiger partial charge in [-0.05, 0) is 25.7 Å². The Kier molecular flexibility index (Phi) is 4.32. The number of aromatic nitrogens is 3. The molecule has 0 fully saturated rings. The van der Waals surface area contributed by atoms with Crippen LogP contribution in [0.2, 0.25) is 0 Å². The van der Waals surface area contributed by atoms with E-state index >= 15 is 0 Å². The number of hydrogen-bond acceptors (Lipinski definition) is 5. The lowest BCUT2D eigenvalue weighted by Gasteiger charge is -2.30. The van der Waals surface area contributed by atoms with Crippen LogP contribution >= 0.6 is 0 Å². The van der Waals surface area contributed by atoms with Crippen LogP contribution in [-0.2, 0) is 5.67 Å². The van der Waals surface area contributed by atoms with Gasteiger partial charge in [-0.1, -0.05) is 27.7 Å². The molecule has 0 saturated carbocycles. The van der Waals surface area contributed by atoms with E-state index in [1.54, 1.807) is 0 Å². The Balaban J connectivity index is 3.05. The van der Waals surface area contributed by atoms with Crippen LogP contribution in [0.4, 0.5) is 16.3 Å². The molecule has 0 aliphatic heterocycles. The molecule has 0 saturated heterocycles. The summed E-state index contributed by atoms with van der Waals surface area (Å²) in [6.07, 6.45) is 0.906. The van der Waals surface area contributed by atoms with Gasteiger partial charge < -0.3 is 11.1 Å². The number of nitrogens with zero attached hydrogens (tertiary/aromatic N) is 3. The molecule has 0 amide bonds. The zero-order valence-corrected chi connectivity index (χ0v) is 12.6. The number of nitrogens with one attached hydrogen (secondary N) is 1. The van der Waals surface area contributed by atoms with E-state index in [1.165, 1.54) is 13.8 Å². The summed E-state index contributed by atoms with van der Waals surface area (Å²) in [4.78, 5) is 12.0. The third kappa shape index (κ3) is 4.29. The summed E-state index contributed by atoms with van der Waals surface area (Å²) >= 11 is 0. The number of rotatable bonds is 4. The Bertz CT molecular complexity index is 434. The van der Waals surface area contributed by atoms with E-state index in [-0.39, 0.29) is 23.2 Å². The van der Waals surface area contributed by atoms with Gasteiger partial charge in [-0.15, -0.1) is 0 Å². The number of nitrogen functional groups attached to an aromatic ring is 1. The van der Waals surface area contributed by atoms with Gasteiger partial charge in [0.1, 0.15) is 0 Å². The normalized spacial score (nSPS) is 14.3. The zero-order valence-electron chi connectivity index (χ0n) is 12.6. The van der Waals surface area contributed by atoms with Gasteiger partial charge >= 0.3 is 0 Å². The average Bonchev–Trinajstić information content (AvgIpc) is 2.22. The van der Waals surface area contributed by atoms with Gasteiger partial charge in [0.05, 0.1) is 0 Å². The molecule has 6 heteroatoms. The van der Waals surface area contributed by atoms with E-state index in [9.17, 15) is 4.39 Å². The van der Waals surface area contributed by atoms with Crippen molar-refractivity contribution in [2.45, 2.75) is 59.7 Å². The summed E-state index contributed by atoms with van der Waals surface area (Å²) in [5.41, 5.74) is 4.01. The summed E-state index contributed by atoms with van der Waals surface area (Å²) < 4.78 is 13.9. The quantitative estimate of drug-likeness (QED) is 0.879. The molecule has 1 heterocycles. The number of anilines is 2. The van der Waals surface area contributed by atoms with Gasteiger partial charge in [0.25, 0.3) is 0 Å². The standard InChI is InChI=1S/C13H24FN5/c1-7-8(12(2,3)4)16-11-18-9(13(5,6)14)17-10(15)19-11/h8H,7H2,1-6H3,(H3,15,16,17,18,19). The molecule has 5 nitrogen and oxygen atoms in total. The SMILES string of the molecule is CCC(Nc1nc(N)nc(C(C)(C)F)n1)C(C)(C)C. The van der Waals surface area contributed by atoms with Crippen molar-refractivity contribution in [1.82, 2.24) is 15.0 Å². The molecule has 0 aliphatic rings. The second-order valence-electron chi connectivity index (χ2n) is 6.28. The fourth-order valence-corrected chi connectivity index (χ4v) is 1.81. The summed E-state index contributed by atoms with van der Waals surface area (Å²) in [7, 11) is 0. The maximum atomic E-state index is 13.9. The molecule has 108 valence electrons. The molecule has 1 aromatic rings. The van der Waals surface area contributed by atoms with E-state index in [0.717, 1.165) is 6.42 Å². The van der Waals surface area contributed by atoms with Gasteiger partial charge in [-0.2, -0.15) is 15.0 Å². The van der Waals surface area contributed by atoms with E-state index in [2.05, 4.69) is 48.0 Å². The van der Waals surface area contributed by atoms with E-state index in [1.807, 2.05) is 0 Å². The molecule has 0 aromatic carbocycles. The molecule has 1 unspecified atom stereocenters. The van der Waals surface area contributed by atoms with Crippen molar-refractivity contribution < 1.29 is 4.39 Å². The molecule has 0 bridgehead atoms. The molecule has 1 aromatic heterocycles. The van der Waals surface area contributed by atoms with E-state index in [0.29, 0.717) is 5.95 Å². The highest BCUT2D eigenvalue weighted by molar-refractivity contribution is 5.33. The maximum absolute atomic E-state index is 13.9. The van der Waals surface area contributed by atoms with Gasteiger partial charge in [-0.25, -0.2) is 4.39 Å². The van der Waals surface area contributed by atoms with Crippen molar-refractivity contribution in [3.8, 4) is 0 Å². The molecule has 0 spiro atoms. The zero-order chi connectivity index (χ0) is 14.8. The van der Waals surface area contributed by atoms with Crippen LogP contribution in [0.25, 0.3) is 0 Å². The van der Waals surface area contributed by atoms with Gasteiger partial charge in [0, 0.05) is 6.04 Å². The van der Waals surface area contributed by atoms with Crippen molar-refractivity contribution in [2.24, 2.45) is 5.41 Å². The van der Waals surface area contributed by atoms with Crippen LogP contribution in [0.15, 0.2) is 0 Å². The first-order valence-electron chi connectivity index (χ1n) is 6.51. The Labute approximate surface area is 114 Å². The Hall–Kier alpha value is -1.46. The lowest BCUT2D eigenvalue weighted by Crippen LogP contribution is -2.34. The highest BCUT2D eigenvalue weighted by atomic mass is 19.1. The van der Waals surface area contributed by atoms with Crippen molar-refractivity contribution >= 4 is 11.9 Å². The second kappa shape index (κ2) is 5.27. The summed E-state index contributed by atoms with van der Waals surface area (Å²) in [5.74, 6) is 0.406. The lowest BCUT2D eigenvalue weighted by atomic mass is 9.85. The van der Waals surface area contributed by atoms with Crippen LogP contribution in [0, 0.1) is 5.41 Å². The molecule has 19 heavy (non-hydrogen) atoms. The predicted octanol–water partition coefficient (Wildman–Crippen LogP) is 2.90. The first-order valence-corrected chi connectivity index (χ1v) is 6.51. The molecule has 0 radical (unpaired) electrons. The summed E-state index contributed by atoms with van der Waals surface area (Å²) in [6, 6.07) is 0.171. The van der Waals surface area contributed by atoms with Crippen molar-refractivity contribution in [3.63, 3.8) is 0 Å². The van der Waals surface area contributed by atoms with Crippen LogP contribution < -0.4 is 11.1 Å². The van der Waals surface area contributed by atoms with Crippen LogP contribution in [-0.4, -0.2) is 21.0 Å². The number of alkyl halides is 1. The largest absolute Gasteiger partial charge is 0.368 e. The topological polar surface area (TPSA) is 76.7 Å². The number of hydrogen-bond donors (Lipinski definition) is 2. The van der Waals surface area contributed by atoms with Crippen molar-refractivity contribution in [3.05, 3.63) is 5.82 Å². The van der Waals surface area contributed by atoms with E-state index in [4.69, 9.17) is 5.73 Å². The van der Waals surface area contributed by atoms with Crippen LogP contribution in [0.1, 0.15) is 53.8 Å². The fraction of sp³-hybridized carbons (Fsp3) is 0.769. The smallest absolute Gasteiger partial charge is 0.228 e. The van der Waals surface area contributed by atoms with Crippen molar-refractivity contribution in [2.75, 3.05) is 11.1 Å². The minimum atomic E-state index is -1.64. The molecule has 1 rings (SSSR count). The van der Waals surface area contributed by atoms with Crippen LogP contribution in [0.5, 0.6) is 0 Å². The Morgan fingerprint density at radius 3 is 2.16 bits per heavy atom. The molecule has 1 atom stereocenters. The number of halogens is 1. The summed E-state index contributed by atoms with van der Waals surface area (Å²) in [5, 5.41) is 3.21. The van der Waals surface area contributed by atoms with E-state index < -0.39 is 5.67 Å². The molecule has 0 aliphatic carbocycles.